The zero-order valence-corrected chi connectivity index (χ0v) is 12.7. The van der Waals surface area contributed by atoms with Crippen LogP contribution < -0.4 is 0 Å². The lowest BCUT2D eigenvalue weighted by Gasteiger charge is -2.31. The smallest absolute Gasteiger partial charge is 0.428 e. The van der Waals surface area contributed by atoms with Crippen LogP contribution in [0.15, 0.2) is 24.1 Å². The molecule has 0 N–H and O–H groups in total. The molecule has 0 aromatic carbocycles. The molecule has 0 spiro atoms. The molecule has 1 aromatic rings. The summed E-state index contributed by atoms with van der Waals surface area (Å²) in [5.74, 6) is -3.41. The van der Waals surface area contributed by atoms with Crippen molar-refractivity contribution in [3.05, 3.63) is 35.6 Å². The molecule has 0 saturated heterocycles. The summed E-state index contributed by atoms with van der Waals surface area (Å²) in [6.07, 6.45) is -3.85. The molecular weight excluding hydrogens is 318 g/mol. The van der Waals surface area contributed by atoms with Crippen LogP contribution in [0.3, 0.4) is 0 Å². The second kappa shape index (κ2) is 5.82. The molecule has 2 rings (SSSR count). The number of carbonyl (C=O) groups is 1. The molecular formula is C15H15F4NO3. The van der Waals surface area contributed by atoms with Crippen LogP contribution in [0.4, 0.5) is 17.6 Å². The highest BCUT2D eigenvalue weighted by Crippen LogP contribution is 2.51. The monoisotopic (exact) mass is 333 g/mol. The minimum Gasteiger partial charge on any atom is -0.470 e. The highest BCUT2D eigenvalue weighted by molar-refractivity contribution is 5.97. The van der Waals surface area contributed by atoms with Crippen LogP contribution in [0.1, 0.15) is 26.5 Å². The third kappa shape index (κ3) is 2.89. The molecule has 1 aromatic heterocycles. The van der Waals surface area contributed by atoms with Gasteiger partial charge in [0.15, 0.2) is 0 Å². The van der Waals surface area contributed by atoms with E-state index in [1.54, 1.807) is 0 Å². The molecule has 0 bridgehead atoms. The summed E-state index contributed by atoms with van der Waals surface area (Å²) in [5.41, 5.74) is -2.61. The van der Waals surface area contributed by atoms with Gasteiger partial charge < -0.3 is 9.47 Å². The number of ether oxygens (including phenoxy) is 2. The van der Waals surface area contributed by atoms with Crippen molar-refractivity contribution in [3.63, 3.8) is 0 Å². The van der Waals surface area contributed by atoms with Gasteiger partial charge in [0, 0.05) is 11.5 Å². The van der Waals surface area contributed by atoms with E-state index in [-0.39, 0.29) is 17.9 Å². The van der Waals surface area contributed by atoms with Crippen LogP contribution in [0.5, 0.6) is 0 Å². The maximum atomic E-state index is 13.4. The van der Waals surface area contributed by atoms with Crippen molar-refractivity contribution in [2.45, 2.75) is 32.5 Å². The van der Waals surface area contributed by atoms with E-state index in [4.69, 9.17) is 9.47 Å². The summed E-state index contributed by atoms with van der Waals surface area (Å²) in [6, 6.07) is 2.25. The van der Waals surface area contributed by atoms with Gasteiger partial charge in [-0.05, 0) is 26.0 Å². The van der Waals surface area contributed by atoms with Crippen LogP contribution in [0, 0.1) is 11.7 Å². The molecule has 2 heterocycles. The SMILES string of the molecule is CCOC(=O)C1=C(c2ccc(F)cn2)[C@H](C)[C@](C)(C(F)(F)F)O1. The van der Waals surface area contributed by atoms with E-state index in [0.29, 0.717) is 0 Å². The Bertz CT molecular complexity index is 639. The highest BCUT2D eigenvalue weighted by atomic mass is 19.4. The standard InChI is InChI=1S/C15H15F4NO3/c1-4-22-13(21)12-11(10-6-5-9(16)7-20-10)8(2)14(3,23-12)15(17,18)19/h5-8H,4H2,1-3H3/t8-,14+/m0/s1. The van der Waals surface area contributed by atoms with Gasteiger partial charge in [-0.15, -0.1) is 0 Å². The summed E-state index contributed by atoms with van der Waals surface area (Å²) in [4.78, 5) is 15.7. The Morgan fingerprint density at radius 2 is 2.09 bits per heavy atom. The van der Waals surface area contributed by atoms with E-state index in [9.17, 15) is 22.4 Å². The van der Waals surface area contributed by atoms with Crippen molar-refractivity contribution in [2.75, 3.05) is 6.61 Å². The van der Waals surface area contributed by atoms with Crippen molar-refractivity contribution in [3.8, 4) is 0 Å². The topological polar surface area (TPSA) is 48.4 Å². The van der Waals surface area contributed by atoms with Gasteiger partial charge in [0.1, 0.15) is 5.82 Å². The Kier molecular flexibility index (Phi) is 4.37. The van der Waals surface area contributed by atoms with E-state index in [1.807, 2.05) is 0 Å². The molecule has 8 heteroatoms. The van der Waals surface area contributed by atoms with Crippen molar-refractivity contribution in [1.82, 2.24) is 4.98 Å². The minimum absolute atomic E-state index is 0.0209. The predicted molar refractivity (Wildman–Crippen MR) is 72.5 cm³/mol. The maximum absolute atomic E-state index is 13.4. The first-order valence-electron chi connectivity index (χ1n) is 6.90. The number of esters is 1. The lowest BCUT2D eigenvalue weighted by atomic mass is 9.84. The maximum Gasteiger partial charge on any atom is 0.428 e. The Balaban J connectivity index is 2.56. The molecule has 0 fully saturated rings. The third-order valence-corrected chi connectivity index (χ3v) is 3.85. The van der Waals surface area contributed by atoms with Gasteiger partial charge in [-0.3, -0.25) is 4.98 Å². The third-order valence-electron chi connectivity index (χ3n) is 3.85. The van der Waals surface area contributed by atoms with Gasteiger partial charge in [-0.2, -0.15) is 13.2 Å². The Morgan fingerprint density at radius 1 is 1.43 bits per heavy atom. The number of pyridine rings is 1. The predicted octanol–water partition coefficient (Wildman–Crippen LogP) is 3.48. The number of alkyl halides is 3. The highest BCUT2D eigenvalue weighted by Gasteiger charge is 2.63. The summed E-state index contributed by atoms with van der Waals surface area (Å²) in [6.45, 7) is 3.63. The Labute approximate surface area is 130 Å². The normalized spacial score (nSPS) is 24.6. The molecule has 4 nitrogen and oxygen atoms in total. The van der Waals surface area contributed by atoms with Gasteiger partial charge in [-0.1, -0.05) is 6.92 Å². The van der Waals surface area contributed by atoms with Gasteiger partial charge >= 0.3 is 12.1 Å². The van der Waals surface area contributed by atoms with Gasteiger partial charge in [0.05, 0.1) is 18.5 Å². The number of halogens is 4. The first-order valence-corrected chi connectivity index (χ1v) is 6.90. The van der Waals surface area contributed by atoms with Crippen molar-refractivity contribution >= 4 is 11.5 Å². The van der Waals surface area contributed by atoms with Crippen LogP contribution >= 0.6 is 0 Å². The Morgan fingerprint density at radius 3 is 2.57 bits per heavy atom. The molecule has 1 aliphatic heterocycles. The quantitative estimate of drug-likeness (QED) is 0.628. The summed E-state index contributed by atoms with van der Waals surface area (Å²) >= 11 is 0. The summed E-state index contributed by atoms with van der Waals surface area (Å²) < 4.78 is 62.9. The van der Waals surface area contributed by atoms with E-state index in [2.05, 4.69) is 4.98 Å². The minimum atomic E-state index is -4.72. The van der Waals surface area contributed by atoms with E-state index in [1.165, 1.54) is 19.9 Å². The molecule has 126 valence electrons. The molecule has 0 amide bonds. The zero-order valence-electron chi connectivity index (χ0n) is 12.7. The first-order chi connectivity index (χ1) is 10.6. The fraction of sp³-hybridized carbons (Fsp3) is 0.467. The van der Waals surface area contributed by atoms with Crippen molar-refractivity contribution in [1.29, 1.82) is 0 Å². The second-order valence-corrected chi connectivity index (χ2v) is 5.25. The van der Waals surface area contributed by atoms with E-state index in [0.717, 1.165) is 19.2 Å². The van der Waals surface area contributed by atoms with Crippen LogP contribution in [0.2, 0.25) is 0 Å². The largest absolute Gasteiger partial charge is 0.470 e. The number of aromatic nitrogens is 1. The first kappa shape index (κ1) is 17.2. The van der Waals surface area contributed by atoms with Gasteiger partial charge in [0.2, 0.25) is 11.4 Å². The van der Waals surface area contributed by atoms with Crippen LogP contribution in [0.25, 0.3) is 5.57 Å². The number of rotatable bonds is 3. The lowest BCUT2D eigenvalue weighted by Crippen LogP contribution is -2.47. The van der Waals surface area contributed by atoms with Crippen molar-refractivity contribution in [2.24, 2.45) is 5.92 Å². The van der Waals surface area contributed by atoms with Crippen LogP contribution in [-0.4, -0.2) is 29.3 Å². The van der Waals surface area contributed by atoms with Crippen LogP contribution in [-0.2, 0) is 14.3 Å². The molecule has 1 aliphatic rings. The number of hydrogen-bond donors (Lipinski definition) is 0. The summed E-state index contributed by atoms with van der Waals surface area (Å²) in [5, 5.41) is 0. The van der Waals surface area contributed by atoms with Gasteiger partial charge in [-0.25, -0.2) is 9.18 Å². The molecule has 0 saturated carbocycles. The van der Waals surface area contributed by atoms with Crippen molar-refractivity contribution < 1.29 is 31.8 Å². The molecule has 23 heavy (non-hydrogen) atoms. The summed E-state index contributed by atoms with van der Waals surface area (Å²) in [7, 11) is 0. The number of carbonyl (C=O) groups excluding carboxylic acids is 1. The van der Waals surface area contributed by atoms with Gasteiger partial charge in [0.25, 0.3) is 0 Å². The molecule has 0 radical (unpaired) electrons. The zero-order chi connectivity index (χ0) is 17.4. The second-order valence-electron chi connectivity index (χ2n) is 5.25. The molecule has 0 unspecified atom stereocenters. The average molecular weight is 333 g/mol. The lowest BCUT2D eigenvalue weighted by molar-refractivity contribution is -0.262. The van der Waals surface area contributed by atoms with E-state index >= 15 is 0 Å². The fourth-order valence-electron chi connectivity index (χ4n) is 2.35. The molecule has 0 aliphatic carbocycles. The number of nitrogens with zero attached hydrogens (tertiary/aromatic N) is 1. The fourth-order valence-corrected chi connectivity index (χ4v) is 2.35. The average Bonchev–Trinajstić information content (AvgIpc) is 2.74. The number of hydrogen-bond acceptors (Lipinski definition) is 4. The van der Waals surface area contributed by atoms with E-state index < -0.39 is 35.2 Å². The Hall–Kier alpha value is -2.12. The molecule has 2 atom stereocenters.